The van der Waals surface area contributed by atoms with E-state index >= 15 is 0 Å². The van der Waals surface area contributed by atoms with Crippen molar-refractivity contribution in [3.63, 3.8) is 0 Å². The molecule has 2 aromatic heterocycles. The molecule has 0 radical (unpaired) electrons. The molecule has 3 rings (SSSR count). The number of aromatic nitrogens is 3. The van der Waals surface area contributed by atoms with Gasteiger partial charge in [-0.05, 0) is 18.2 Å². The third-order valence-corrected chi connectivity index (χ3v) is 3.63. The van der Waals surface area contributed by atoms with Crippen LogP contribution in [0.25, 0.3) is 0 Å². The lowest BCUT2D eigenvalue weighted by Crippen LogP contribution is -2.13. The minimum absolute atomic E-state index is 0.214. The van der Waals surface area contributed by atoms with E-state index in [-0.39, 0.29) is 17.4 Å². The number of benzene rings is 1. The van der Waals surface area contributed by atoms with Crippen LogP contribution >= 0.6 is 0 Å². The number of amides is 1. The fourth-order valence-corrected chi connectivity index (χ4v) is 2.40. The monoisotopic (exact) mass is 333 g/mol. The topological polar surface area (TPSA) is 92.8 Å². The molecule has 3 aromatic rings. The number of imidazole rings is 1. The van der Waals surface area contributed by atoms with Crippen molar-refractivity contribution < 1.29 is 9.53 Å². The molecule has 0 aliphatic carbocycles. The number of rotatable bonds is 5. The van der Waals surface area contributed by atoms with Gasteiger partial charge in [-0.3, -0.25) is 9.78 Å². The molecule has 0 saturated carbocycles. The zero-order chi connectivity index (χ0) is 17.6. The number of carbonyl (C=O) groups excluding carboxylic acids is 1. The van der Waals surface area contributed by atoms with Gasteiger partial charge in [-0.2, -0.15) is 5.26 Å². The van der Waals surface area contributed by atoms with Crippen LogP contribution in [0, 0.1) is 11.3 Å². The minimum Gasteiger partial charge on any atom is -0.496 e. The van der Waals surface area contributed by atoms with Crippen LogP contribution in [0.15, 0.2) is 55.1 Å². The first-order valence-corrected chi connectivity index (χ1v) is 7.51. The number of hydrogen-bond donors (Lipinski definition) is 1. The Balaban J connectivity index is 1.84. The van der Waals surface area contributed by atoms with Gasteiger partial charge >= 0.3 is 0 Å². The minimum atomic E-state index is -0.368. The molecule has 2 heterocycles. The average molecular weight is 333 g/mol. The Bertz CT molecular complexity index is 928. The molecule has 0 spiro atoms. The highest BCUT2D eigenvalue weighted by Gasteiger charge is 2.15. The van der Waals surface area contributed by atoms with Crippen LogP contribution in [0.5, 0.6) is 5.75 Å². The maximum atomic E-state index is 12.2. The van der Waals surface area contributed by atoms with Crippen molar-refractivity contribution in [1.29, 1.82) is 5.26 Å². The molecule has 7 heteroatoms. The van der Waals surface area contributed by atoms with Crippen LogP contribution in [0.2, 0.25) is 0 Å². The predicted molar refractivity (Wildman–Crippen MR) is 91.2 cm³/mol. The number of nitrogens with zero attached hydrogens (tertiary/aromatic N) is 4. The molecule has 7 nitrogen and oxygen atoms in total. The highest BCUT2D eigenvalue weighted by molar-refractivity contribution is 6.04. The zero-order valence-corrected chi connectivity index (χ0v) is 13.5. The molecule has 124 valence electrons. The summed E-state index contributed by atoms with van der Waals surface area (Å²) in [7, 11) is 1.59. The van der Waals surface area contributed by atoms with Gasteiger partial charge in [0.1, 0.15) is 11.8 Å². The summed E-state index contributed by atoms with van der Waals surface area (Å²) in [6.45, 7) is 0.405. The van der Waals surface area contributed by atoms with Gasteiger partial charge in [-0.1, -0.05) is 18.2 Å². The Hall–Kier alpha value is -3.66. The fourth-order valence-electron chi connectivity index (χ4n) is 2.40. The lowest BCUT2D eigenvalue weighted by molar-refractivity contribution is 0.102. The van der Waals surface area contributed by atoms with Gasteiger partial charge in [-0.15, -0.1) is 0 Å². The van der Waals surface area contributed by atoms with Crippen molar-refractivity contribution in [3.8, 4) is 11.8 Å². The summed E-state index contributed by atoms with van der Waals surface area (Å²) in [6, 6.07) is 12.9. The van der Waals surface area contributed by atoms with Gasteiger partial charge in [0, 0.05) is 18.0 Å². The Kier molecular flexibility index (Phi) is 4.72. The molecule has 0 aliphatic heterocycles. The Morgan fingerprint density at radius 3 is 2.88 bits per heavy atom. The van der Waals surface area contributed by atoms with Crippen molar-refractivity contribution in [2.75, 3.05) is 12.4 Å². The number of nitriles is 1. The normalized spacial score (nSPS) is 10.1. The zero-order valence-electron chi connectivity index (χ0n) is 13.5. The van der Waals surface area contributed by atoms with E-state index in [4.69, 9.17) is 4.74 Å². The maximum absolute atomic E-state index is 12.2. The second-order valence-corrected chi connectivity index (χ2v) is 5.19. The smallest absolute Gasteiger partial charge is 0.258 e. The Morgan fingerprint density at radius 1 is 1.32 bits per heavy atom. The maximum Gasteiger partial charge on any atom is 0.258 e. The van der Waals surface area contributed by atoms with Crippen LogP contribution in [-0.2, 0) is 6.54 Å². The lowest BCUT2D eigenvalue weighted by atomic mass is 10.2. The summed E-state index contributed by atoms with van der Waals surface area (Å²) in [5.41, 5.74) is 1.57. The van der Waals surface area contributed by atoms with Crippen molar-refractivity contribution in [1.82, 2.24) is 14.5 Å². The predicted octanol–water partition coefficient (Wildman–Crippen LogP) is 2.46. The largest absolute Gasteiger partial charge is 0.496 e. The molecule has 1 aromatic carbocycles. The van der Waals surface area contributed by atoms with Crippen molar-refractivity contribution >= 4 is 11.7 Å². The SMILES string of the molecule is COc1ccccc1Cn1cnc(NC(=O)c2cccnc2)c1C#N. The number of ether oxygens (including phenoxy) is 1. The van der Waals surface area contributed by atoms with Gasteiger partial charge in [0.05, 0.1) is 25.5 Å². The summed E-state index contributed by atoms with van der Waals surface area (Å²) >= 11 is 0. The highest BCUT2D eigenvalue weighted by Crippen LogP contribution is 2.21. The lowest BCUT2D eigenvalue weighted by Gasteiger charge is -2.09. The number of hydrogen-bond acceptors (Lipinski definition) is 5. The van der Waals surface area contributed by atoms with Crippen molar-refractivity contribution in [3.05, 3.63) is 71.9 Å². The molecular formula is C18H15N5O2. The van der Waals surface area contributed by atoms with Crippen molar-refractivity contribution in [2.24, 2.45) is 0 Å². The molecule has 1 N–H and O–H groups in total. The van der Waals surface area contributed by atoms with E-state index in [1.165, 1.54) is 12.5 Å². The second-order valence-electron chi connectivity index (χ2n) is 5.19. The van der Waals surface area contributed by atoms with Gasteiger partial charge in [-0.25, -0.2) is 4.98 Å². The van der Waals surface area contributed by atoms with E-state index in [0.29, 0.717) is 12.1 Å². The third kappa shape index (κ3) is 3.48. The fraction of sp³-hybridized carbons (Fsp3) is 0.111. The van der Waals surface area contributed by atoms with Gasteiger partial charge in [0.2, 0.25) is 0 Å². The van der Waals surface area contributed by atoms with Crippen LogP contribution in [0.4, 0.5) is 5.82 Å². The molecule has 0 atom stereocenters. The third-order valence-electron chi connectivity index (χ3n) is 3.63. The Labute approximate surface area is 144 Å². The number of pyridine rings is 1. The molecule has 25 heavy (non-hydrogen) atoms. The molecular weight excluding hydrogens is 318 g/mol. The van der Waals surface area contributed by atoms with Crippen LogP contribution in [0.1, 0.15) is 21.6 Å². The van der Waals surface area contributed by atoms with Crippen LogP contribution in [-0.4, -0.2) is 27.6 Å². The first-order chi connectivity index (χ1) is 12.2. The number of para-hydroxylation sites is 1. The van der Waals surface area contributed by atoms with E-state index < -0.39 is 0 Å². The number of nitrogens with one attached hydrogen (secondary N) is 1. The first kappa shape index (κ1) is 16.2. The summed E-state index contributed by atoms with van der Waals surface area (Å²) in [6.07, 6.45) is 4.55. The van der Waals surface area contributed by atoms with E-state index in [0.717, 1.165) is 11.3 Å². The van der Waals surface area contributed by atoms with Crippen molar-refractivity contribution in [2.45, 2.75) is 6.54 Å². The number of methoxy groups -OCH3 is 1. The molecule has 0 fully saturated rings. The molecule has 1 amide bonds. The molecule has 0 bridgehead atoms. The average Bonchev–Trinajstić information content (AvgIpc) is 3.04. The summed E-state index contributed by atoms with van der Waals surface area (Å²) in [5, 5.41) is 12.1. The van der Waals surface area contributed by atoms with Crippen LogP contribution in [0.3, 0.4) is 0 Å². The summed E-state index contributed by atoms with van der Waals surface area (Å²) < 4.78 is 6.99. The standard InChI is InChI=1S/C18H15N5O2/c1-25-16-7-3-2-5-14(16)11-23-12-21-17(15(23)9-19)22-18(24)13-6-4-8-20-10-13/h2-8,10,12H,11H2,1H3,(H,22,24). The quantitative estimate of drug-likeness (QED) is 0.774. The summed E-state index contributed by atoms with van der Waals surface area (Å²) in [4.78, 5) is 20.3. The van der Waals surface area contributed by atoms with E-state index in [2.05, 4.69) is 21.4 Å². The van der Waals surface area contributed by atoms with E-state index in [1.807, 2.05) is 24.3 Å². The number of anilines is 1. The highest BCUT2D eigenvalue weighted by atomic mass is 16.5. The Morgan fingerprint density at radius 2 is 2.16 bits per heavy atom. The molecule has 0 saturated heterocycles. The van der Waals surface area contributed by atoms with Crippen LogP contribution < -0.4 is 10.1 Å². The second kappa shape index (κ2) is 7.27. The van der Waals surface area contributed by atoms with Gasteiger partial charge < -0.3 is 14.6 Å². The summed E-state index contributed by atoms with van der Waals surface area (Å²) in [5.74, 6) is 0.569. The number of carbonyl (C=O) groups is 1. The molecule has 0 unspecified atom stereocenters. The van der Waals surface area contributed by atoms with Gasteiger partial charge in [0.25, 0.3) is 5.91 Å². The van der Waals surface area contributed by atoms with Gasteiger partial charge in [0.15, 0.2) is 11.5 Å². The molecule has 0 aliphatic rings. The first-order valence-electron chi connectivity index (χ1n) is 7.51. The van der Waals surface area contributed by atoms with E-state index in [1.54, 1.807) is 30.0 Å². The van der Waals surface area contributed by atoms with E-state index in [9.17, 15) is 10.1 Å².